The van der Waals surface area contributed by atoms with Gasteiger partial charge in [-0.2, -0.15) is 9.61 Å². The lowest BCUT2D eigenvalue weighted by Gasteiger charge is -2.12. The summed E-state index contributed by atoms with van der Waals surface area (Å²) in [6.45, 7) is 0. The first kappa shape index (κ1) is 17.4. The average molecular weight is 392 g/mol. The van der Waals surface area contributed by atoms with Crippen molar-refractivity contribution in [3.8, 4) is 0 Å². The van der Waals surface area contributed by atoms with Crippen LogP contribution in [0.2, 0.25) is 0 Å². The molecule has 1 saturated heterocycles. The number of anilines is 3. The summed E-state index contributed by atoms with van der Waals surface area (Å²) < 4.78 is 15.7. The SMILES string of the molecule is O=C1C/C(=C\c2cnn3c(NC4CC4)cc(Nc4ccccc4F)nc23)C(=O)N1. The molecule has 3 aromatic rings. The zero-order valence-corrected chi connectivity index (χ0v) is 15.3. The minimum absolute atomic E-state index is 0.0243. The summed E-state index contributed by atoms with van der Waals surface area (Å²) in [5.74, 6) is 0.0312. The van der Waals surface area contributed by atoms with E-state index >= 15 is 0 Å². The van der Waals surface area contributed by atoms with E-state index in [1.54, 1.807) is 41.1 Å². The van der Waals surface area contributed by atoms with Crippen molar-refractivity contribution < 1.29 is 14.0 Å². The van der Waals surface area contributed by atoms with Crippen LogP contribution in [-0.4, -0.2) is 32.5 Å². The number of hydrogen-bond donors (Lipinski definition) is 3. The molecule has 1 aromatic carbocycles. The third-order valence-electron chi connectivity index (χ3n) is 4.79. The van der Waals surface area contributed by atoms with Gasteiger partial charge >= 0.3 is 0 Å². The van der Waals surface area contributed by atoms with Crippen molar-refractivity contribution in [2.75, 3.05) is 10.6 Å². The van der Waals surface area contributed by atoms with Crippen molar-refractivity contribution in [2.45, 2.75) is 25.3 Å². The van der Waals surface area contributed by atoms with Gasteiger partial charge in [-0.1, -0.05) is 12.1 Å². The van der Waals surface area contributed by atoms with E-state index in [0.717, 1.165) is 12.8 Å². The number of imide groups is 1. The van der Waals surface area contributed by atoms with Crippen LogP contribution in [0.15, 0.2) is 42.1 Å². The summed E-state index contributed by atoms with van der Waals surface area (Å²) in [6.07, 6.45) is 5.37. The molecular weight excluding hydrogens is 375 g/mol. The Hall–Kier alpha value is -3.75. The Morgan fingerprint density at radius 3 is 2.79 bits per heavy atom. The lowest BCUT2D eigenvalue weighted by molar-refractivity contribution is -0.124. The number of aromatic nitrogens is 3. The van der Waals surface area contributed by atoms with E-state index in [1.165, 1.54) is 6.07 Å². The first-order valence-electron chi connectivity index (χ1n) is 9.28. The average Bonchev–Trinajstić information content (AvgIpc) is 3.33. The number of fused-ring (bicyclic) bond motifs is 1. The number of nitrogens with zero attached hydrogens (tertiary/aromatic N) is 3. The van der Waals surface area contributed by atoms with Crippen molar-refractivity contribution in [3.05, 3.63) is 53.5 Å². The standard InChI is InChI=1S/C20H17FN6O2/c21-14-3-1-2-4-15(14)24-16-9-17(23-13-5-6-13)27-19(25-16)12(10-22-27)7-11-8-18(28)26-20(11)29/h1-4,7,9-10,13,23H,5-6,8H2,(H,24,25)(H,26,28,29)/b11-7+. The molecule has 2 fully saturated rings. The van der Waals surface area contributed by atoms with Crippen LogP contribution in [0.25, 0.3) is 11.7 Å². The molecule has 1 aliphatic heterocycles. The molecule has 8 nitrogen and oxygen atoms in total. The molecule has 0 unspecified atom stereocenters. The maximum Gasteiger partial charge on any atom is 0.254 e. The van der Waals surface area contributed by atoms with Crippen LogP contribution in [0.1, 0.15) is 24.8 Å². The largest absolute Gasteiger partial charge is 0.367 e. The Morgan fingerprint density at radius 1 is 1.24 bits per heavy atom. The molecule has 2 amide bonds. The molecule has 2 aliphatic rings. The molecule has 3 heterocycles. The summed E-state index contributed by atoms with van der Waals surface area (Å²) in [6, 6.07) is 8.49. The van der Waals surface area contributed by atoms with Gasteiger partial charge in [0.15, 0.2) is 5.65 Å². The van der Waals surface area contributed by atoms with Gasteiger partial charge in [0, 0.05) is 23.2 Å². The first-order chi connectivity index (χ1) is 14.1. The fourth-order valence-electron chi connectivity index (χ4n) is 3.19. The molecule has 1 aliphatic carbocycles. The Balaban J connectivity index is 1.59. The number of nitrogens with one attached hydrogen (secondary N) is 3. The van der Waals surface area contributed by atoms with Crippen LogP contribution >= 0.6 is 0 Å². The highest BCUT2D eigenvalue weighted by Crippen LogP contribution is 2.29. The normalized spacial score (nSPS) is 17.8. The van der Waals surface area contributed by atoms with Crippen molar-refractivity contribution >= 4 is 40.9 Å². The quantitative estimate of drug-likeness (QED) is 0.456. The fraction of sp³-hybridized carbons (Fsp3) is 0.200. The van der Waals surface area contributed by atoms with Crippen LogP contribution < -0.4 is 16.0 Å². The predicted molar refractivity (Wildman–Crippen MR) is 105 cm³/mol. The highest BCUT2D eigenvalue weighted by molar-refractivity contribution is 6.15. The van der Waals surface area contributed by atoms with Crippen molar-refractivity contribution in [1.29, 1.82) is 0 Å². The lowest BCUT2D eigenvalue weighted by Crippen LogP contribution is -2.19. The molecule has 0 radical (unpaired) electrons. The van der Waals surface area contributed by atoms with Gasteiger partial charge in [0.2, 0.25) is 5.91 Å². The number of amides is 2. The highest BCUT2D eigenvalue weighted by Gasteiger charge is 2.25. The van der Waals surface area contributed by atoms with Crippen molar-refractivity contribution in [3.63, 3.8) is 0 Å². The van der Waals surface area contributed by atoms with Gasteiger partial charge in [0.25, 0.3) is 5.91 Å². The smallest absolute Gasteiger partial charge is 0.254 e. The topological polar surface area (TPSA) is 100 Å². The summed E-state index contributed by atoms with van der Waals surface area (Å²) in [5, 5.41) is 13.0. The fourth-order valence-corrected chi connectivity index (χ4v) is 3.19. The van der Waals surface area contributed by atoms with Crippen LogP contribution in [0.5, 0.6) is 0 Å². The van der Waals surface area contributed by atoms with E-state index < -0.39 is 5.91 Å². The summed E-state index contributed by atoms with van der Waals surface area (Å²) in [7, 11) is 0. The van der Waals surface area contributed by atoms with E-state index in [9.17, 15) is 14.0 Å². The number of halogens is 1. The van der Waals surface area contributed by atoms with Gasteiger partial charge in [-0.15, -0.1) is 0 Å². The highest BCUT2D eigenvalue weighted by atomic mass is 19.1. The Bertz CT molecular complexity index is 1180. The molecular formula is C20H17FN6O2. The first-order valence-corrected chi connectivity index (χ1v) is 9.28. The number of carbonyl (C=O) groups is 2. The number of rotatable bonds is 5. The zero-order valence-electron chi connectivity index (χ0n) is 15.3. The predicted octanol–water partition coefficient (Wildman–Crippen LogP) is 2.62. The molecule has 0 spiro atoms. The molecule has 29 heavy (non-hydrogen) atoms. The molecule has 2 aromatic heterocycles. The Kier molecular flexibility index (Phi) is 4.01. The molecule has 1 saturated carbocycles. The molecule has 0 bridgehead atoms. The summed E-state index contributed by atoms with van der Waals surface area (Å²) in [4.78, 5) is 27.9. The summed E-state index contributed by atoms with van der Waals surface area (Å²) >= 11 is 0. The van der Waals surface area contributed by atoms with Gasteiger partial charge in [-0.25, -0.2) is 9.37 Å². The molecule has 0 atom stereocenters. The van der Waals surface area contributed by atoms with E-state index in [0.29, 0.717) is 40.1 Å². The number of hydrogen-bond acceptors (Lipinski definition) is 6. The van der Waals surface area contributed by atoms with Crippen molar-refractivity contribution in [2.24, 2.45) is 0 Å². The van der Waals surface area contributed by atoms with Gasteiger partial charge in [-0.05, 0) is 31.1 Å². The number of benzene rings is 1. The minimum Gasteiger partial charge on any atom is -0.367 e. The van der Waals surface area contributed by atoms with Gasteiger partial charge in [0.1, 0.15) is 17.5 Å². The second-order valence-electron chi connectivity index (χ2n) is 7.11. The van der Waals surface area contributed by atoms with E-state index in [1.807, 2.05) is 0 Å². The van der Waals surface area contributed by atoms with E-state index in [-0.39, 0.29) is 18.1 Å². The monoisotopic (exact) mass is 392 g/mol. The third-order valence-corrected chi connectivity index (χ3v) is 4.79. The molecule has 9 heteroatoms. The Morgan fingerprint density at radius 2 is 2.07 bits per heavy atom. The number of carbonyl (C=O) groups excluding carboxylic acids is 2. The van der Waals surface area contributed by atoms with Gasteiger partial charge in [-0.3, -0.25) is 14.9 Å². The lowest BCUT2D eigenvalue weighted by atomic mass is 10.1. The molecule has 3 N–H and O–H groups in total. The Labute approximate surface area is 164 Å². The second kappa shape index (κ2) is 6.69. The zero-order chi connectivity index (χ0) is 20.0. The molecule has 5 rings (SSSR count). The van der Waals surface area contributed by atoms with Crippen LogP contribution in [-0.2, 0) is 9.59 Å². The van der Waals surface area contributed by atoms with Crippen LogP contribution in [0.3, 0.4) is 0 Å². The van der Waals surface area contributed by atoms with E-state index in [2.05, 4.69) is 26.0 Å². The van der Waals surface area contributed by atoms with Crippen LogP contribution in [0, 0.1) is 5.82 Å². The maximum absolute atomic E-state index is 14.1. The van der Waals surface area contributed by atoms with Crippen LogP contribution in [0.4, 0.5) is 21.7 Å². The van der Waals surface area contributed by atoms with Gasteiger partial charge < -0.3 is 10.6 Å². The van der Waals surface area contributed by atoms with Crippen molar-refractivity contribution in [1.82, 2.24) is 19.9 Å². The van der Waals surface area contributed by atoms with E-state index in [4.69, 9.17) is 0 Å². The maximum atomic E-state index is 14.1. The van der Waals surface area contributed by atoms with Gasteiger partial charge in [0.05, 0.1) is 18.3 Å². The summed E-state index contributed by atoms with van der Waals surface area (Å²) in [5.41, 5.74) is 1.76. The number of para-hydroxylation sites is 1. The second-order valence-corrected chi connectivity index (χ2v) is 7.11. The minimum atomic E-state index is -0.411. The molecule has 146 valence electrons. The third kappa shape index (κ3) is 3.42.